The average molecular weight is 216 g/mol. The molecule has 0 aliphatic heterocycles. The fourth-order valence-corrected chi connectivity index (χ4v) is 2.38. The number of benzene rings is 1. The fourth-order valence-electron chi connectivity index (χ4n) is 1.52. The zero-order valence-electron chi connectivity index (χ0n) is 8.57. The highest BCUT2D eigenvalue weighted by Crippen LogP contribution is 2.16. The molecule has 1 aromatic heterocycles. The predicted octanol–water partition coefficient (Wildman–Crippen LogP) is 3.48. The van der Waals surface area contributed by atoms with Crippen LogP contribution in [0.25, 0.3) is 0 Å². The summed E-state index contributed by atoms with van der Waals surface area (Å²) in [6, 6.07) is 9.86. The van der Waals surface area contributed by atoms with Crippen LogP contribution in [0.4, 0.5) is 0 Å². The number of aryl methyl sites for hydroxylation is 1. The quantitative estimate of drug-likeness (QED) is 0.718. The highest BCUT2D eigenvalue weighted by molar-refractivity contribution is 7.08. The van der Waals surface area contributed by atoms with Crippen LogP contribution in [0.3, 0.4) is 0 Å². The van der Waals surface area contributed by atoms with E-state index in [9.17, 15) is 4.79 Å². The zero-order chi connectivity index (χ0) is 10.7. The monoisotopic (exact) mass is 216 g/mol. The molecule has 2 aromatic rings. The molecule has 0 aliphatic rings. The largest absolute Gasteiger partial charge is 0.294 e. The summed E-state index contributed by atoms with van der Waals surface area (Å²) in [6.45, 7) is 1.98. The topological polar surface area (TPSA) is 17.1 Å². The van der Waals surface area contributed by atoms with Gasteiger partial charge in [-0.3, -0.25) is 4.79 Å². The SMILES string of the molecule is Cc1cscc1C(=O)Cc1ccccc1. The summed E-state index contributed by atoms with van der Waals surface area (Å²) < 4.78 is 0. The van der Waals surface area contributed by atoms with Crippen LogP contribution in [0.15, 0.2) is 41.1 Å². The van der Waals surface area contributed by atoms with Crippen molar-refractivity contribution in [3.8, 4) is 0 Å². The number of ketones is 1. The Bertz CT molecular complexity index is 456. The van der Waals surface area contributed by atoms with E-state index in [1.165, 1.54) is 0 Å². The third kappa shape index (κ3) is 2.34. The van der Waals surface area contributed by atoms with Crippen LogP contribution in [0.5, 0.6) is 0 Å². The lowest BCUT2D eigenvalue weighted by Gasteiger charge is -2.00. The van der Waals surface area contributed by atoms with Gasteiger partial charge in [0.1, 0.15) is 0 Å². The number of rotatable bonds is 3. The maximum Gasteiger partial charge on any atom is 0.168 e. The highest BCUT2D eigenvalue weighted by Gasteiger charge is 2.09. The smallest absolute Gasteiger partial charge is 0.168 e. The van der Waals surface area contributed by atoms with E-state index in [0.717, 1.165) is 16.7 Å². The second-order valence-corrected chi connectivity index (χ2v) is 4.30. The molecule has 1 heterocycles. The maximum absolute atomic E-state index is 11.9. The fraction of sp³-hybridized carbons (Fsp3) is 0.154. The summed E-state index contributed by atoms with van der Waals surface area (Å²) in [6.07, 6.45) is 0.498. The molecular formula is C13H12OS. The third-order valence-corrected chi connectivity index (χ3v) is 3.22. The molecule has 1 nitrogen and oxygen atoms in total. The predicted molar refractivity (Wildman–Crippen MR) is 63.5 cm³/mol. The Morgan fingerprint density at radius 3 is 2.53 bits per heavy atom. The summed E-state index contributed by atoms with van der Waals surface area (Å²) in [4.78, 5) is 11.9. The number of thiophene rings is 1. The van der Waals surface area contributed by atoms with Gasteiger partial charge in [-0.05, 0) is 23.4 Å². The van der Waals surface area contributed by atoms with Gasteiger partial charge in [-0.2, -0.15) is 11.3 Å². The summed E-state index contributed by atoms with van der Waals surface area (Å²) in [5.41, 5.74) is 3.03. The van der Waals surface area contributed by atoms with Crippen molar-refractivity contribution >= 4 is 17.1 Å². The van der Waals surface area contributed by atoms with Gasteiger partial charge in [0, 0.05) is 17.4 Å². The van der Waals surface area contributed by atoms with Crippen molar-refractivity contribution in [1.82, 2.24) is 0 Å². The molecule has 0 amide bonds. The minimum atomic E-state index is 0.208. The van der Waals surface area contributed by atoms with E-state index < -0.39 is 0 Å². The zero-order valence-corrected chi connectivity index (χ0v) is 9.38. The average Bonchev–Trinajstić information content (AvgIpc) is 2.66. The van der Waals surface area contributed by atoms with Crippen LogP contribution in [-0.4, -0.2) is 5.78 Å². The first-order valence-electron chi connectivity index (χ1n) is 4.87. The lowest BCUT2D eigenvalue weighted by atomic mass is 10.0. The van der Waals surface area contributed by atoms with Crippen LogP contribution >= 0.6 is 11.3 Å². The summed E-state index contributed by atoms with van der Waals surface area (Å²) in [5.74, 6) is 0.208. The van der Waals surface area contributed by atoms with E-state index in [1.807, 2.05) is 48.0 Å². The second kappa shape index (κ2) is 4.41. The van der Waals surface area contributed by atoms with E-state index in [2.05, 4.69) is 0 Å². The molecule has 0 atom stereocenters. The number of carbonyl (C=O) groups is 1. The molecule has 2 rings (SSSR count). The van der Waals surface area contributed by atoms with Crippen LogP contribution in [0, 0.1) is 6.92 Å². The molecule has 2 heteroatoms. The molecular weight excluding hydrogens is 204 g/mol. The number of carbonyl (C=O) groups excluding carboxylic acids is 1. The van der Waals surface area contributed by atoms with Crippen LogP contribution in [-0.2, 0) is 6.42 Å². The number of hydrogen-bond donors (Lipinski definition) is 0. The lowest BCUT2D eigenvalue weighted by Crippen LogP contribution is -2.03. The van der Waals surface area contributed by atoms with Crippen molar-refractivity contribution < 1.29 is 4.79 Å². The van der Waals surface area contributed by atoms with Gasteiger partial charge in [0.05, 0.1) is 0 Å². The molecule has 0 spiro atoms. The normalized spacial score (nSPS) is 10.2. The molecule has 76 valence electrons. The van der Waals surface area contributed by atoms with Gasteiger partial charge < -0.3 is 0 Å². The molecule has 0 radical (unpaired) electrons. The number of Topliss-reactive ketones (excluding diaryl/α,β-unsaturated/α-hetero) is 1. The Labute approximate surface area is 93.4 Å². The second-order valence-electron chi connectivity index (χ2n) is 3.55. The van der Waals surface area contributed by atoms with Gasteiger partial charge in [-0.25, -0.2) is 0 Å². The first-order valence-corrected chi connectivity index (χ1v) is 5.81. The molecule has 1 aromatic carbocycles. The van der Waals surface area contributed by atoms with Crippen molar-refractivity contribution in [2.75, 3.05) is 0 Å². The summed E-state index contributed by atoms with van der Waals surface area (Å²) in [7, 11) is 0. The van der Waals surface area contributed by atoms with E-state index in [4.69, 9.17) is 0 Å². The highest BCUT2D eigenvalue weighted by atomic mass is 32.1. The molecule has 0 unspecified atom stereocenters. The van der Waals surface area contributed by atoms with Gasteiger partial charge in [-0.1, -0.05) is 30.3 Å². The van der Waals surface area contributed by atoms with E-state index in [-0.39, 0.29) is 5.78 Å². The van der Waals surface area contributed by atoms with Crippen molar-refractivity contribution in [1.29, 1.82) is 0 Å². The van der Waals surface area contributed by atoms with Gasteiger partial charge in [0.2, 0.25) is 0 Å². The Morgan fingerprint density at radius 1 is 1.20 bits per heavy atom. The minimum absolute atomic E-state index is 0.208. The van der Waals surface area contributed by atoms with Crippen molar-refractivity contribution in [2.45, 2.75) is 13.3 Å². The molecule has 0 saturated heterocycles. The first-order chi connectivity index (χ1) is 7.27. The summed E-state index contributed by atoms with van der Waals surface area (Å²) >= 11 is 1.58. The molecule has 15 heavy (non-hydrogen) atoms. The van der Waals surface area contributed by atoms with Crippen LogP contribution < -0.4 is 0 Å². The standard InChI is InChI=1S/C13H12OS/c1-10-8-15-9-12(10)13(14)7-11-5-3-2-4-6-11/h2-6,8-9H,7H2,1H3. The van der Waals surface area contributed by atoms with Crippen molar-refractivity contribution in [3.05, 3.63) is 57.8 Å². The summed E-state index contributed by atoms with van der Waals surface area (Å²) in [5, 5.41) is 3.94. The number of hydrogen-bond acceptors (Lipinski definition) is 2. The minimum Gasteiger partial charge on any atom is -0.294 e. The molecule has 0 saturated carbocycles. The van der Waals surface area contributed by atoms with E-state index in [1.54, 1.807) is 11.3 Å². The van der Waals surface area contributed by atoms with Gasteiger partial charge in [0.15, 0.2) is 5.78 Å². The Balaban J connectivity index is 2.15. The Hall–Kier alpha value is -1.41. The lowest BCUT2D eigenvalue weighted by molar-refractivity contribution is 0.0993. The molecule has 0 bridgehead atoms. The van der Waals surface area contributed by atoms with Gasteiger partial charge in [-0.15, -0.1) is 0 Å². The third-order valence-electron chi connectivity index (χ3n) is 2.36. The Kier molecular flexibility index (Phi) is 2.97. The maximum atomic E-state index is 11.9. The first kappa shape index (κ1) is 10.1. The van der Waals surface area contributed by atoms with Crippen molar-refractivity contribution in [2.24, 2.45) is 0 Å². The molecule has 0 fully saturated rings. The molecule has 0 N–H and O–H groups in total. The van der Waals surface area contributed by atoms with Crippen molar-refractivity contribution in [3.63, 3.8) is 0 Å². The van der Waals surface area contributed by atoms with E-state index in [0.29, 0.717) is 6.42 Å². The van der Waals surface area contributed by atoms with Gasteiger partial charge in [0.25, 0.3) is 0 Å². The van der Waals surface area contributed by atoms with E-state index >= 15 is 0 Å². The van der Waals surface area contributed by atoms with Gasteiger partial charge >= 0.3 is 0 Å². The van der Waals surface area contributed by atoms with Crippen LogP contribution in [0.2, 0.25) is 0 Å². The molecule has 0 aliphatic carbocycles. The Morgan fingerprint density at radius 2 is 1.93 bits per heavy atom. The van der Waals surface area contributed by atoms with Crippen LogP contribution in [0.1, 0.15) is 21.5 Å².